The minimum Gasteiger partial charge on any atom is -0.359 e. The quantitative estimate of drug-likeness (QED) is 0.808. The fourth-order valence-electron chi connectivity index (χ4n) is 3.38. The second-order valence-electron chi connectivity index (χ2n) is 7.50. The van der Waals surface area contributed by atoms with Crippen LogP contribution in [0.3, 0.4) is 0 Å². The van der Waals surface area contributed by atoms with Gasteiger partial charge in [0.2, 0.25) is 15.9 Å². The van der Waals surface area contributed by atoms with Crippen molar-refractivity contribution < 1.29 is 13.2 Å². The van der Waals surface area contributed by atoms with Gasteiger partial charge in [0.05, 0.1) is 11.4 Å². The molecule has 1 aliphatic rings. The van der Waals surface area contributed by atoms with Crippen LogP contribution in [0.1, 0.15) is 26.3 Å². The first kappa shape index (κ1) is 20.4. The number of rotatable bonds is 6. The Labute approximate surface area is 167 Å². The van der Waals surface area contributed by atoms with E-state index in [0.717, 1.165) is 12.1 Å². The summed E-state index contributed by atoms with van der Waals surface area (Å²) < 4.78 is 26.4. The number of para-hydroxylation sites is 1. The van der Waals surface area contributed by atoms with Gasteiger partial charge < -0.3 is 10.2 Å². The van der Waals surface area contributed by atoms with E-state index in [-0.39, 0.29) is 29.4 Å². The Kier molecular flexibility index (Phi) is 5.76. The molecule has 28 heavy (non-hydrogen) atoms. The monoisotopic (exact) mass is 401 g/mol. The molecule has 1 atom stereocenters. The van der Waals surface area contributed by atoms with Crippen molar-refractivity contribution in [3.05, 3.63) is 54.1 Å². The van der Waals surface area contributed by atoms with Crippen LogP contribution < -0.4 is 10.2 Å². The van der Waals surface area contributed by atoms with Gasteiger partial charge in [-0.2, -0.15) is 4.31 Å². The van der Waals surface area contributed by atoms with E-state index in [1.165, 1.54) is 22.0 Å². The molecule has 2 aromatic carbocycles. The Balaban J connectivity index is 1.67. The highest BCUT2D eigenvalue weighted by molar-refractivity contribution is 7.89. The lowest BCUT2D eigenvalue weighted by Crippen LogP contribution is -2.37. The van der Waals surface area contributed by atoms with Gasteiger partial charge >= 0.3 is 0 Å². The minimum atomic E-state index is -3.53. The first-order valence-corrected chi connectivity index (χ1v) is 10.9. The zero-order valence-corrected chi connectivity index (χ0v) is 17.5. The van der Waals surface area contributed by atoms with Crippen LogP contribution in [-0.4, -0.2) is 44.3 Å². The standard InChI is InChI=1S/C21H27N3O3S/c1-15(2)23(4)28(26,27)19-11-9-18(10-12-19)22-21(25)14-24-16(3)13-17-7-5-6-8-20(17)24/h5-12,15-16H,13-14H2,1-4H3,(H,22,25)/t16-/m0/s1. The molecule has 150 valence electrons. The molecule has 6 nitrogen and oxygen atoms in total. The highest BCUT2D eigenvalue weighted by Gasteiger charge is 2.27. The molecule has 0 saturated carbocycles. The molecular formula is C21H27N3O3S. The van der Waals surface area contributed by atoms with E-state index in [2.05, 4.69) is 23.2 Å². The molecule has 0 spiro atoms. The summed E-state index contributed by atoms with van der Waals surface area (Å²) in [4.78, 5) is 14.8. The first-order chi connectivity index (χ1) is 13.2. The van der Waals surface area contributed by atoms with Gasteiger partial charge in [0, 0.05) is 30.5 Å². The SMILES string of the molecule is CC(C)N(C)S(=O)(=O)c1ccc(NC(=O)CN2c3ccccc3C[C@@H]2C)cc1. The molecule has 0 saturated heterocycles. The molecule has 2 aromatic rings. The minimum absolute atomic E-state index is 0.126. The number of hydrogen-bond donors (Lipinski definition) is 1. The topological polar surface area (TPSA) is 69.7 Å². The van der Waals surface area contributed by atoms with Crippen molar-refractivity contribution in [2.45, 2.75) is 44.2 Å². The van der Waals surface area contributed by atoms with E-state index in [1.807, 2.05) is 32.0 Å². The maximum absolute atomic E-state index is 12.5. The highest BCUT2D eigenvalue weighted by Crippen LogP contribution is 2.31. The predicted octanol–water partition coefficient (Wildman–Crippen LogP) is 3.11. The van der Waals surface area contributed by atoms with Crippen LogP contribution in [0.2, 0.25) is 0 Å². The number of fused-ring (bicyclic) bond motifs is 1. The number of carbonyl (C=O) groups is 1. The average molecular weight is 402 g/mol. The van der Waals surface area contributed by atoms with Crippen molar-refractivity contribution >= 4 is 27.3 Å². The molecule has 1 amide bonds. The van der Waals surface area contributed by atoms with Crippen molar-refractivity contribution in [2.75, 3.05) is 23.8 Å². The maximum atomic E-state index is 12.5. The summed E-state index contributed by atoms with van der Waals surface area (Å²) in [7, 11) is -1.97. The summed E-state index contributed by atoms with van der Waals surface area (Å²) in [6, 6.07) is 14.6. The molecule has 0 aromatic heterocycles. The molecule has 0 unspecified atom stereocenters. The third-order valence-electron chi connectivity index (χ3n) is 5.20. The molecule has 7 heteroatoms. The third kappa shape index (κ3) is 4.05. The lowest BCUT2D eigenvalue weighted by molar-refractivity contribution is -0.115. The van der Waals surface area contributed by atoms with Crippen molar-refractivity contribution in [1.29, 1.82) is 0 Å². The Morgan fingerprint density at radius 2 is 1.82 bits per heavy atom. The number of amides is 1. The smallest absolute Gasteiger partial charge is 0.243 e. The van der Waals surface area contributed by atoms with Gasteiger partial charge in [-0.25, -0.2) is 8.42 Å². The number of anilines is 2. The first-order valence-electron chi connectivity index (χ1n) is 9.42. The fraction of sp³-hybridized carbons (Fsp3) is 0.381. The van der Waals surface area contributed by atoms with Crippen molar-refractivity contribution in [3.8, 4) is 0 Å². The van der Waals surface area contributed by atoms with Gasteiger partial charge in [0.25, 0.3) is 0 Å². The van der Waals surface area contributed by atoms with Crippen LogP contribution in [-0.2, 0) is 21.2 Å². The van der Waals surface area contributed by atoms with Crippen molar-refractivity contribution in [2.24, 2.45) is 0 Å². The van der Waals surface area contributed by atoms with E-state index in [4.69, 9.17) is 0 Å². The largest absolute Gasteiger partial charge is 0.359 e. The Bertz CT molecular complexity index is 955. The van der Waals surface area contributed by atoms with Crippen LogP contribution >= 0.6 is 0 Å². The van der Waals surface area contributed by atoms with E-state index < -0.39 is 10.0 Å². The van der Waals surface area contributed by atoms with Crippen molar-refractivity contribution in [3.63, 3.8) is 0 Å². The summed E-state index contributed by atoms with van der Waals surface area (Å²) in [5.74, 6) is -0.126. The second-order valence-corrected chi connectivity index (χ2v) is 9.49. The molecule has 1 N–H and O–H groups in total. The van der Waals surface area contributed by atoms with Crippen LogP contribution in [0.5, 0.6) is 0 Å². The molecule has 3 rings (SSSR count). The molecule has 0 fully saturated rings. The third-order valence-corrected chi connectivity index (χ3v) is 7.25. The molecule has 0 bridgehead atoms. The van der Waals surface area contributed by atoms with E-state index >= 15 is 0 Å². The number of nitrogens with zero attached hydrogens (tertiary/aromatic N) is 2. The van der Waals surface area contributed by atoms with Gasteiger partial charge in [-0.1, -0.05) is 18.2 Å². The lowest BCUT2D eigenvalue weighted by Gasteiger charge is -2.24. The van der Waals surface area contributed by atoms with E-state index in [1.54, 1.807) is 19.2 Å². The van der Waals surface area contributed by atoms with Gasteiger partial charge in [-0.05, 0) is 63.1 Å². The zero-order chi connectivity index (χ0) is 20.5. The summed E-state index contributed by atoms with van der Waals surface area (Å²) in [5, 5.41) is 2.86. The Hall–Kier alpha value is -2.38. The number of sulfonamides is 1. The van der Waals surface area contributed by atoms with Crippen LogP contribution in [0.25, 0.3) is 0 Å². The number of nitrogens with one attached hydrogen (secondary N) is 1. The number of hydrogen-bond acceptors (Lipinski definition) is 4. The Morgan fingerprint density at radius 1 is 1.18 bits per heavy atom. The highest BCUT2D eigenvalue weighted by atomic mass is 32.2. The van der Waals surface area contributed by atoms with E-state index in [9.17, 15) is 13.2 Å². The van der Waals surface area contributed by atoms with Crippen LogP contribution in [0.15, 0.2) is 53.4 Å². The van der Waals surface area contributed by atoms with Gasteiger partial charge in [-0.15, -0.1) is 0 Å². The summed E-state index contributed by atoms with van der Waals surface area (Å²) in [6.07, 6.45) is 0.930. The zero-order valence-electron chi connectivity index (χ0n) is 16.7. The maximum Gasteiger partial charge on any atom is 0.243 e. The second kappa shape index (κ2) is 7.93. The van der Waals surface area contributed by atoms with Gasteiger partial charge in [-0.3, -0.25) is 4.79 Å². The summed E-state index contributed by atoms with van der Waals surface area (Å²) in [6.45, 7) is 6.01. The Morgan fingerprint density at radius 3 is 2.46 bits per heavy atom. The fourth-order valence-corrected chi connectivity index (χ4v) is 4.75. The van der Waals surface area contributed by atoms with Crippen molar-refractivity contribution in [1.82, 2.24) is 4.31 Å². The predicted molar refractivity (Wildman–Crippen MR) is 112 cm³/mol. The molecule has 1 aliphatic heterocycles. The average Bonchev–Trinajstić information content (AvgIpc) is 2.96. The normalized spacial score (nSPS) is 16.5. The number of benzene rings is 2. The van der Waals surface area contributed by atoms with Gasteiger partial charge in [0.15, 0.2) is 0 Å². The summed E-state index contributed by atoms with van der Waals surface area (Å²) >= 11 is 0. The lowest BCUT2D eigenvalue weighted by atomic mass is 10.1. The van der Waals surface area contributed by atoms with Crippen LogP contribution in [0.4, 0.5) is 11.4 Å². The van der Waals surface area contributed by atoms with Crippen LogP contribution in [0, 0.1) is 0 Å². The molecule has 1 heterocycles. The molecular weight excluding hydrogens is 374 g/mol. The molecule has 0 radical (unpaired) electrons. The van der Waals surface area contributed by atoms with E-state index in [0.29, 0.717) is 5.69 Å². The molecule has 0 aliphatic carbocycles. The summed E-state index contributed by atoms with van der Waals surface area (Å²) in [5.41, 5.74) is 2.94. The van der Waals surface area contributed by atoms with Gasteiger partial charge in [0.1, 0.15) is 0 Å². The number of carbonyl (C=O) groups excluding carboxylic acids is 1.